The van der Waals surface area contributed by atoms with Crippen LogP contribution in [0, 0.1) is 10.1 Å². The van der Waals surface area contributed by atoms with Crippen LogP contribution in [0.5, 0.6) is 0 Å². The Balaban J connectivity index is 2.43. The molecule has 0 spiro atoms. The van der Waals surface area contributed by atoms with Gasteiger partial charge in [-0.2, -0.15) is 0 Å². The summed E-state index contributed by atoms with van der Waals surface area (Å²) in [6.07, 6.45) is 0.629. The van der Waals surface area contributed by atoms with Crippen LogP contribution >= 0.6 is 0 Å². The highest BCUT2D eigenvalue weighted by Crippen LogP contribution is 2.11. The van der Waals surface area contributed by atoms with Gasteiger partial charge < -0.3 is 11.1 Å². The minimum absolute atomic E-state index is 0.0275. The summed E-state index contributed by atoms with van der Waals surface area (Å²) < 4.78 is 0. The van der Waals surface area contributed by atoms with Gasteiger partial charge in [-0.25, -0.2) is 0 Å². The molecule has 0 fully saturated rings. The molecule has 0 aliphatic rings. The zero-order valence-electron chi connectivity index (χ0n) is 8.68. The Morgan fingerprint density at radius 1 is 1.38 bits per heavy atom. The normalized spacial score (nSPS) is 9.81. The minimum atomic E-state index is -0.444. The third-order valence-corrected chi connectivity index (χ3v) is 2.07. The second-order valence-electron chi connectivity index (χ2n) is 3.23. The molecule has 0 bridgehead atoms. The van der Waals surface area contributed by atoms with E-state index in [1.807, 2.05) is 0 Å². The molecule has 6 nitrogen and oxygen atoms in total. The SMILES string of the molecule is NCC(=O)NCCc1ccc([N+](=O)[O-])cc1. The molecular weight excluding hydrogens is 210 g/mol. The average molecular weight is 223 g/mol. The minimum Gasteiger partial charge on any atom is -0.355 e. The molecule has 3 N–H and O–H groups in total. The largest absolute Gasteiger partial charge is 0.355 e. The second kappa shape index (κ2) is 5.82. The molecule has 6 heteroatoms. The third-order valence-electron chi connectivity index (χ3n) is 2.07. The van der Waals surface area contributed by atoms with Crippen molar-refractivity contribution in [1.29, 1.82) is 0 Å². The van der Waals surface area contributed by atoms with E-state index in [0.29, 0.717) is 13.0 Å². The number of nitro groups is 1. The molecule has 16 heavy (non-hydrogen) atoms. The van der Waals surface area contributed by atoms with Gasteiger partial charge in [-0.1, -0.05) is 12.1 Å². The predicted octanol–water partition coefficient (Wildman–Crippen LogP) is 0.212. The fraction of sp³-hybridized carbons (Fsp3) is 0.300. The van der Waals surface area contributed by atoms with Gasteiger partial charge >= 0.3 is 0 Å². The summed E-state index contributed by atoms with van der Waals surface area (Å²) in [6.45, 7) is 0.452. The fourth-order valence-electron chi connectivity index (χ4n) is 1.20. The molecule has 1 rings (SSSR count). The van der Waals surface area contributed by atoms with Crippen molar-refractivity contribution in [2.75, 3.05) is 13.1 Å². The van der Waals surface area contributed by atoms with Crippen LogP contribution in [-0.2, 0) is 11.2 Å². The summed E-state index contributed by atoms with van der Waals surface area (Å²) in [5, 5.41) is 13.0. The monoisotopic (exact) mass is 223 g/mol. The number of non-ortho nitro benzene ring substituents is 1. The molecule has 86 valence electrons. The lowest BCUT2D eigenvalue weighted by molar-refractivity contribution is -0.384. The van der Waals surface area contributed by atoms with E-state index >= 15 is 0 Å². The topological polar surface area (TPSA) is 98.3 Å². The van der Waals surface area contributed by atoms with Crippen molar-refractivity contribution in [3.8, 4) is 0 Å². The standard InChI is InChI=1S/C10H13N3O3/c11-7-10(14)12-6-5-8-1-3-9(4-2-8)13(15)16/h1-4H,5-7,11H2,(H,12,14). The van der Waals surface area contributed by atoms with E-state index in [4.69, 9.17) is 5.73 Å². The van der Waals surface area contributed by atoms with Crippen molar-refractivity contribution in [2.24, 2.45) is 5.73 Å². The number of nitrogens with one attached hydrogen (secondary N) is 1. The summed E-state index contributed by atoms with van der Waals surface area (Å²) in [4.78, 5) is 20.8. The number of nitro benzene ring substituents is 1. The zero-order valence-corrected chi connectivity index (χ0v) is 8.68. The zero-order chi connectivity index (χ0) is 12.0. The molecule has 0 heterocycles. The van der Waals surface area contributed by atoms with E-state index in [1.165, 1.54) is 12.1 Å². The molecule has 1 amide bonds. The summed E-state index contributed by atoms with van der Waals surface area (Å²) in [6, 6.07) is 6.24. The number of hydrogen-bond donors (Lipinski definition) is 2. The highest BCUT2D eigenvalue weighted by Gasteiger charge is 2.03. The highest BCUT2D eigenvalue weighted by atomic mass is 16.6. The quantitative estimate of drug-likeness (QED) is 0.550. The van der Waals surface area contributed by atoms with E-state index in [-0.39, 0.29) is 18.1 Å². The van der Waals surface area contributed by atoms with Crippen molar-refractivity contribution in [3.05, 3.63) is 39.9 Å². The molecular formula is C10H13N3O3. The number of amides is 1. The number of nitrogens with zero attached hydrogens (tertiary/aromatic N) is 1. The number of benzene rings is 1. The Kier molecular flexibility index (Phi) is 4.41. The molecule has 1 aromatic carbocycles. The van der Waals surface area contributed by atoms with Crippen molar-refractivity contribution in [2.45, 2.75) is 6.42 Å². The lowest BCUT2D eigenvalue weighted by atomic mass is 10.1. The van der Waals surface area contributed by atoms with Gasteiger partial charge in [-0.15, -0.1) is 0 Å². The van der Waals surface area contributed by atoms with Crippen molar-refractivity contribution >= 4 is 11.6 Å². The van der Waals surface area contributed by atoms with Gasteiger partial charge in [-0.05, 0) is 12.0 Å². The Bertz CT molecular complexity index is 375. The summed E-state index contributed by atoms with van der Waals surface area (Å²) in [7, 11) is 0. The number of carbonyl (C=O) groups is 1. The van der Waals surface area contributed by atoms with Crippen LogP contribution in [0.2, 0.25) is 0 Å². The Morgan fingerprint density at radius 2 is 2.00 bits per heavy atom. The van der Waals surface area contributed by atoms with Crippen LogP contribution in [0.4, 0.5) is 5.69 Å². The van der Waals surface area contributed by atoms with Gasteiger partial charge in [0.2, 0.25) is 5.91 Å². The van der Waals surface area contributed by atoms with Crippen LogP contribution in [0.3, 0.4) is 0 Å². The number of hydrogen-bond acceptors (Lipinski definition) is 4. The first kappa shape index (κ1) is 12.1. The number of carbonyl (C=O) groups excluding carboxylic acids is 1. The van der Waals surface area contributed by atoms with Gasteiger partial charge in [0.05, 0.1) is 11.5 Å². The van der Waals surface area contributed by atoms with Crippen LogP contribution in [0.15, 0.2) is 24.3 Å². The smallest absolute Gasteiger partial charge is 0.269 e. The maximum Gasteiger partial charge on any atom is 0.269 e. The molecule has 0 atom stereocenters. The van der Waals surface area contributed by atoms with E-state index < -0.39 is 4.92 Å². The molecule has 0 saturated carbocycles. The van der Waals surface area contributed by atoms with Crippen LogP contribution in [-0.4, -0.2) is 23.9 Å². The van der Waals surface area contributed by atoms with Gasteiger partial charge in [0.15, 0.2) is 0 Å². The first-order valence-corrected chi connectivity index (χ1v) is 4.83. The fourth-order valence-corrected chi connectivity index (χ4v) is 1.20. The van der Waals surface area contributed by atoms with Gasteiger partial charge in [-0.3, -0.25) is 14.9 Å². The Morgan fingerprint density at radius 3 is 2.50 bits per heavy atom. The Hall–Kier alpha value is -1.95. The van der Waals surface area contributed by atoms with Crippen molar-refractivity contribution < 1.29 is 9.72 Å². The van der Waals surface area contributed by atoms with Gasteiger partial charge in [0.1, 0.15) is 0 Å². The molecule has 0 saturated heterocycles. The first-order valence-electron chi connectivity index (χ1n) is 4.83. The maximum atomic E-state index is 10.8. The third kappa shape index (κ3) is 3.66. The lowest BCUT2D eigenvalue weighted by Crippen LogP contribution is -2.31. The summed E-state index contributed by atoms with van der Waals surface area (Å²) in [5.74, 6) is -0.207. The first-order chi connectivity index (χ1) is 7.63. The van der Waals surface area contributed by atoms with Crippen LogP contribution in [0.1, 0.15) is 5.56 Å². The molecule has 1 aromatic rings. The van der Waals surface area contributed by atoms with Crippen molar-refractivity contribution in [3.63, 3.8) is 0 Å². The van der Waals surface area contributed by atoms with Crippen molar-refractivity contribution in [1.82, 2.24) is 5.32 Å². The molecule has 0 unspecified atom stereocenters. The number of nitrogens with two attached hydrogens (primary N) is 1. The van der Waals surface area contributed by atoms with E-state index in [9.17, 15) is 14.9 Å². The van der Waals surface area contributed by atoms with Gasteiger partial charge in [0, 0.05) is 18.7 Å². The van der Waals surface area contributed by atoms with E-state index in [0.717, 1.165) is 5.56 Å². The van der Waals surface area contributed by atoms with E-state index in [1.54, 1.807) is 12.1 Å². The van der Waals surface area contributed by atoms with Gasteiger partial charge in [0.25, 0.3) is 5.69 Å². The van der Waals surface area contributed by atoms with Crippen LogP contribution < -0.4 is 11.1 Å². The molecule has 0 radical (unpaired) electrons. The average Bonchev–Trinajstić information content (AvgIpc) is 2.29. The lowest BCUT2D eigenvalue weighted by Gasteiger charge is -2.03. The molecule has 0 aromatic heterocycles. The molecule has 0 aliphatic carbocycles. The second-order valence-corrected chi connectivity index (χ2v) is 3.23. The Labute approximate surface area is 92.6 Å². The summed E-state index contributed by atoms with van der Waals surface area (Å²) >= 11 is 0. The highest BCUT2D eigenvalue weighted by molar-refractivity contribution is 5.77. The summed E-state index contributed by atoms with van der Waals surface area (Å²) in [5.41, 5.74) is 6.12. The molecule has 0 aliphatic heterocycles. The predicted molar refractivity (Wildman–Crippen MR) is 58.9 cm³/mol. The maximum absolute atomic E-state index is 10.8. The van der Waals surface area contributed by atoms with Crippen LogP contribution in [0.25, 0.3) is 0 Å². The van der Waals surface area contributed by atoms with E-state index in [2.05, 4.69) is 5.32 Å². The number of rotatable bonds is 5.